The molecule has 1 amide bonds. The van der Waals surface area contributed by atoms with Gasteiger partial charge in [-0.2, -0.15) is 0 Å². The van der Waals surface area contributed by atoms with Crippen LogP contribution in [0.4, 0.5) is 5.69 Å². The smallest absolute Gasteiger partial charge is 0.271 e. The first-order chi connectivity index (χ1) is 9.01. The third-order valence-electron chi connectivity index (χ3n) is 3.22. The lowest BCUT2D eigenvalue weighted by molar-refractivity contribution is -0.385. The molecule has 6 nitrogen and oxygen atoms in total. The van der Waals surface area contributed by atoms with Crippen molar-refractivity contribution >= 4 is 27.5 Å². The summed E-state index contributed by atoms with van der Waals surface area (Å²) >= 11 is 3.20. The fraction of sp³-hybridized carbons (Fsp3) is 0.417. The molecule has 1 fully saturated rings. The van der Waals surface area contributed by atoms with Gasteiger partial charge in [-0.3, -0.25) is 14.9 Å². The van der Waals surface area contributed by atoms with E-state index in [9.17, 15) is 14.9 Å². The summed E-state index contributed by atoms with van der Waals surface area (Å²) in [4.78, 5) is 24.3. The van der Waals surface area contributed by atoms with Crippen LogP contribution in [0, 0.1) is 10.1 Å². The molecule has 1 aromatic rings. The molecule has 0 radical (unpaired) electrons. The first-order valence-corrected chi connectivity index (χ1v) is 6.72. The Morgan fingerprint density at radius 2 is 2.26 bits per heavy atom. The maximum Gasteiger partial charge on any atom is 0.271 e. The van der Waals surface area contributed by atoms with Crippen molar-refractivity contribution in [3.8, 4) is 0 Å². The molecule has 1 unspecified atom stereocenters. The molecule has 19 heavy (non-hydrogen) atoms. The number of likely N-dealkylation sites (tertiary alicyclic amines) is 1. The van der Waals surface area contributed by atoms with E-state index in [1.165, 1.54) is 12.1 Å². The molecule has 0 aliphatic carbocycles. The first-order valence-electron chi connectivity index (χ1n) is 5.93. The SMILES string of the molecule is CNC1CCN(C(=O)c2cc(Br)cc([N+](=O)[O-])c2)C1. The van der Waals surface area contributed by atoms with Gasteiger partial charge in [-0.15, -0.1) is 0 Å². The Labute approximate surface area is 119 Å². The van der Waals surface area contributed by atoms with Gasteiger partial charge in [0.2, 0.25) is 0 Å². The van der Waals surface area contributed by atoms with E-state index in [0.717, 1.165) is 6.42 Å². The monoisotopic (exact) mass is 327 g/mol. The molecule has 1 N–H and O–H groups in total. The zero-order chi connectivity index (χ0) is 14.0. The number of nitrogens with zero attached hydrogens (tertiary/aromatic N) is 2. The highest BCUT2D eigenvalue weighted by atomic mass is 79.9. The van der Waals surface area contributed by atoms with E-state index in [1.807, 2.05) is 7.05 Å². The summed E-state index contributed by atoms with van der Waals surface area (Å²) < 4.78 is 0.536. The molecule has 7 heteroatoms. The van der Waals surface area contributed by atoms with Crippen LogP contribution in [0.25, 0.3) is 0 Å². The van der Waals surface area contributed by atoms with Crippen LogP contribution < -0.4 is 5.32 Å². The van der Waals surface area contributed by atoms with Crippen LogP contribution in [0.3, 0.4) is 0 Å². The van der Waals surface area contributed by atoms with Crippen molar-refractivity contribution in [1.29, 1.82) is 0 Å². The molecule has 1 aliphatic rings. The number of amides is 1. The highest BCUT2D eigenvalue weighted by Crippen LogP contribution is 2.23. The van der Waals surface area contributed by atoms with Gasteiger partial charge in [-0.25, -0.2) is 0 Å². The molecular weight excluding hydrogens is 314 g/mol. The summed E-state index contributed by atoms with van der Waals surface area (Å²) in [6.45, 7) is 1.31. The Morgan fingerprint density at radius 1 is 1.53 bits per heavy atom. The second kappa shape index (κ2) is 5.66. The first kappa shape index (κ1) is 14.0. The van der Waals surface area contributed by atoms with Crippen molar-refractivity contribution in [2.24, 2.45) is 0 Å². The second-order valence-corrected chi connectivity index (χ2v) is 5.40. The van der Waals surface area contributed by atoms with Crippen LogP contribution >= 0.6 is 15.9 Å². The van der Waals surface area contributed by atoms with Gasteiger partial charge in [0.05, 0.1) is 4.92 Å². The lowest BCUT2D eigenvalue weighted by atomic mass is 10.2. The number of benzene rings is 1. The zero-order valence-corrected chi connectivity index (χ0v) is 12.0. The van der Waals surface area contributed by atoms with Crippen LogP contribution in [-0.2, 0) is 0 Å². The lowest BCUT2D eigenvalue weighted by Crippen LogP contribution is -2.33. The number of rotatable bonds is 3. The molecular formula is C12H14BrN3O3. The standard InChI is InChI=1S/C12H14BrN3O3/c1-14-10-2-3-15(7-10)12(17)8-4-9(13)6-11(5-8)16(18)19/h4-6,10,14H,2-3,7H2,1H3. The van der Waals surface area contributed by atoms with Gasteiger partial charge in [0, 0.05) is 41.3 Å². The molecule has 0 aromatic heterocycles. The van der Waals surface area contributed by atoms with Crippen LogP contribution in [0.2, 0.25) is 0 Å². The highest BCUT2D eigenvalue weighted by Gasteiger charge is 2.26. The number of nitro benzene ring substituents is 1. The van der Waals surface area contributed by atoms with E-state index < -0.39 is 4.92 Å². The minimum Gasteiger partial charge on any atom is -0.337 e. The quantitative estimate of drug-likeness (QED) is 0.678. The van der Waals surface area contributed by atoms with Gasteiger partial charge < -0.3 is 10.2 Å². The second-order valence-electron chi connectivity index (χ2n) is 4.48. The van der Waals surface area contributed by atoms with Gasteiger partial charge in [0.25, 0.3) is 11.6 Å². The van der Waals surface area contributed by atoms with Crippen molar-refractivity contribution in [3.05, 3.63) is 38.3 Å². The minimum absolute atomic E-state index is 0.0814. The zero-order valence-electron chi connectivity index (χ0n) is 10.4. The Hall–Kier alpha value is -1.47. The average Bonchev–Trinajstić information content (AvgIpc) is 2.85. The average molecular weight is 328 g/mol. The van der Waals surface area contributed by atoms with Crippen molar-refractivity contribution in [2.75, 3.05) is 20.1 Å². The number of hydrogen-bond donors (Lipinski definition) is 1. The molecule has 0 spiro atoms. The Balaban J connectivity index is 2.22. The van der Waals surface area contributed by atoms with Crippen LogP contribution in [0.15, 0.2) is 22.7 Å². The molecule has 102 valence electrons. The molecule has 0 bridgehead atoms. The number of nitrogens with one attached hydrogen (secondary N) is 1. The summed E-state index contributed by atoms with van der Waals surface area (Å²) in [6, 6.07) is 4.62. The van der Waals surface area contributed by atoms with Gasteiger partial charge >= 0.3 is 0 Å². The maximum atomic E-state index is 12.3. The Morgan fingerprint density at radius 3 is 2.84 bits per heavy atom. The van der Waals surface area contributed by atoms with E-state index in [2.05, 4.69) is 21.2 Å². The number of halogens is 1. The molecule has 1 heterocycles. The van der Waals surface area contributed by atoms with Crippen LogP contribution in [-0.4, -0.2) is 41.9 Å². The fourth-order valence-corrected chi connectivity index (χ4v) is 2.65. The molecule has 1 saturated heterocycles. The number of non-ortho nitro benzene ring substituents is 1. The number of carbonyl (C=O) groups is 1. The summed E-state index contributed by atoms with van der Waals surface area (Å²) in [5.74, 6) is -0.165. The van der Waals surface area contributed by atoms with E-state index in [1.54, 1.807) is 11.0 Å². The Bertz CT molecular complexity index is 521. The third-order valence-corrected chi connectivity index (χ3v) is 3.68. The predicted octanol–water partition coefficient (Wildman–Crippen LogP) is 1.79. The normalized spacial score (nSPS) is 18.6. The van der Waals surface area contributed by atoms with Gasteiger partial charge in [0.1, 0.15) is 0 Å². The van der Waals surface area contributed by atoms with Gasteiger partial charge in [-0.05, 0) is 19.5 Å². The molecule has 2 rings (SSSR count). The van der Waals surface area contributed by atoms with E-state index in [0.29, 0.717) is 29.2 Å². The van der Waals surface area contributed by atoms with Crippen molar-refractivity contribution in [3.63, 3.8) is 0 Å². The van der Waals surface area contributed by atoms with E-state index in [-0.39, 0.29) is 11.6 Å². The number of carbonyl (C=O) groups excluding carboxylic acids is 1. The summed E-state index contributed by atoms with van der Waals surface area (Å²) in [5.41, 5.74) is 0.264. The number of nitro groups is 1. The fourth-order valence-electron chi connectivity index (χ4n) is 2.17. The minimum atomic E-state index is -0.498. The number of likely N-dealkylation sites (N-methyl/N-ethyl adjacent to an activating group) is 1. The Kier molecular flexibility index (Phi) is 4.16. The largest absolute Gasteiger partial charge is 0.337 e. The summed E-state index contributed by atoms with van der Waals surface area (Å²) in [6.07, 6.45) is 0.901. The summed E-state index contributed by atoms with van der Waals surface area (Å²) in [7, 11) is 1.86. The van der Waals surface area contributed by atoms with Crippen molar-refractivity contribution in [1.82, 2.24) is 10.2 Å². The van der Waals surface area contributed by atoms with E-state index in [4.69, 9.17) is 0 Å². The topological polar surface area (TPSA) is 75.5 Å². The molecule has 1 aliphatic heterocycles. The number of hydrogen-bond acceptors (Lipinski definition) is 4. The van der Waals surface area contributed by atoms with Crippen LogP contribution in [0.1, 0.15) is 16.8 Å². The molecule has 0 saturated carbocycles. The summed E-state index contributed by atoms with van der Waals surface area (Å²) in [5, 5.41) is 13.9. The molecule has 1 aromatic carbocycles. The van der Waals surface area contributed by atoms with Crippen molar-refractivity contribution in [2.45, 2.75) is 12.5 Å². The van der Waals surface area contributed by atoms with Gasteiger partial charge in [0.15, 0.2) is 0 Å². The predicted molar refractivity (Wildman–Crippen MR) is 74.2 cm³/mol. The van der Waals surface area contributed by atoms with Crippen molar-refractivity contribution < 1.29 is 9.72 Å². The lowest BCUT2D eigenvalue weighted by Gasteiger charge is -2.16. The van der Waals surface area contributed by atoms with Gasteiger partial charge in [-0.1, -0.05) is 15.9 Å². The van der Waals surface area contributed by atoms with Crippen LogP contribution in [0.5, 0.6) is 0 Å². The molecule has 1 atom stereocenters. The van der Waals surface area contributed by atoms with E-state index >= 15 is 0 Å². The third kappa shape index (κ3) is 3.10. The maximum absolute atomic E-state index is 12.3. The highest BCUT2D eigenvalue weighted by molar-refractivity contribution is 9.10.